The number of aromatic nitrogens is 2. The molecule has 0 aliphatic rings. The van der Waals surface area contributed by atoms with Crippen LogP contribution in [0.4, 0.5) is 5.95 Å². The molecule has 1 heterocycles. The van der Waals surface area contributed by atoms with Gasteiger partial charge in [0, 0.05) is 32.0 Å². The second-order valence-corrected chi connectivity index (χ2v) is 4.56. The maximum atomic E-state index is 5.64. The minimum atomic E-state index is 0.706. The quantitative estimate of drug-likeness (QED) is 0.828. The first-order valence-corrected chi connectivity index (χ1v) is 6.85. The standard InChI is InChI=1S/C15H22N4/c1-2-18-12-10-17-15(18)19(11-6-9-16)13-14-7-4-3-5-8-14/h3-5,7-8,10,12H,2,6,9,11,13,16H2,1H3. The summed E-state index contributed by atoms with van der Waals surface area (Å²) in [6.07, 6.45) is 4.86. The van der Waals surface area contributed by atoms with Crippen molar-refractivity contribution in [1.29, 1.82) is 0 Å². The van der Waals surface area contributed by atoms with Crippen LogP contribution >= 0.6 is 0 Å². The van der Waals surface area contributed by atoms with Gasteiger partial charge in [0.15, 0.2) is 0 Å². The fraction of sp³-hybridized carbons (Fsp3) is 0.400. The van der Waals surface area contributed by atoms with E-state index in [9.17, 15) is 0 Å². The topological polar surface area (TPSA) is 47.1 Å². The zero-order chi connectivity index (χ0) is 13.5. The molecule has 0 saturated carbocycles. The number of hydrogen-bond donors (Lipinski definition) is 1. The first-order valence-electron chi connectivity index (χ1n) is 6.85. The van der Waals surface area contributed by atoms with E-state index in [0.29, 0.717) is 6.54 Å². The first-order chi connectivity index (χ1) is 9.35. The van der Waals surface area contributed by atoms with Crippen molar-refractivity contribution in [3.8, 4) is 0 Å². The number of nitrogens with zero attached hydrogens (tertiary/aromatic N) is 3. The summed E-state index contributed by atoms with van der Waals surface area (Å²) >= 11 is 0. The van der Waals surface area contributed by atoms with Gasteiger partial charge in [-0.05, 0) is 25.5 Å². The van der Waals surface area contributed by atoms with Crippen LogP contribution in [0.2, 0.25) is 0 Å². The van der Waals surface area contributed by atoms with E-state index in [1.54, 1.807) is 0 Å². The van der Waals surface area contributed by atoms with Gasteiger partial charge in [-0.2, -0.15) is 0 Å². The Hall–Kier alpha value is -1.81. The van der Waals surface area contributed by atoms with E-state index in [0.717, 1.165) is 32.0 Å². The highest BCUT2D eigenvalue weighted by molar-refractivity contribution is 5.33. The zero-order valence-corrected chi connectivity index (χ0v) is 11.5. The molecular formula is C15H22N4. The van der Waals surface area contributed by atoms with Crippen molar-refractivity contribution in [2.24, 2.45) is 5.73 Å². The molecule has 0 bridgehead atoms. The van der Waals surface area contributed by atoms with E-state index in [4.69, 9.17) is 5.73 Å². The van der Waals surface area contributed by atoms with E-state index in [-0.39, 0.29) is 0 Å². The van der Waals surface area contributed by atoms with Crippen molar-refractivity contribution in [2.45, 2.75) is 26.4 Å². The lowest BCUT2D eigenvalue weighted by atomic mass is 10.2. The minimum absolute atomic E-state index is 0.706. The summed E-state index contributed by atoms with van der Waals surface area (Å²) in [5.74, 6) is 1.03. The number of anilines is 1. The summed E-state index contributed by atoms with van der Waals surface area (Å²) in [7, 11) is 0. The normalized spacial score (nSPS) is 10.6. The number of imidazole rings is 1. The highest BCUT2D eigenvalue weighted by Crippen LogP contribution is 2.15. The summed E-state index contributed by atoms with van der Waals surface area (Å²) in [5.41, 5.74) is 6.94. The molecule has 0 fully saturated rings. The van der Waals surface area contributed by atoms with E-state index < -0.39 is 0 Å². The molecule has 1 aromatic carbocycles. The number of benzene rings is 1. The molecule has 0 amide bonds. The Morgan fingerprint density at radius 3 is 2.74 bits per heavy atom. The monoisotopic (exact) mass is 258 g/mol. The number of hydrogen-bond acceptors (Lipinski definition) is 3. The average Bonchev–Trinajstić information content (AvgIpc) is 2.93. The van der Waals surface area contributed by atoms with Crippen molar-refractivity contribution in [2.75, 3.05) is 18.0 Å². The lowest BCUT2D eigenvalue weighted by Crippen LogP contribution is -2.28. The fourth-order valence-electron chi connectivity index (χ4n) is 2.17. The van der Waals surface area contributed by atoms with Crippen LogP contribution in [0.3, 0.4) is 0 Å². The number of rotatable bonds is 7. The van der Waals surface area contributed by atoms with Crippen LogP contribution in [0.1, 0.15) is 18.9 Å². The predicted molar refractivity (Wildman–Crippen MR) is 79.1 cm³/mol. The highest BCUT2D eigenvalue weighted by atomic mass is 15.3. The van der Waals surface area contributed by atoms with Crippen molar-refractivity contribution >= 4 is 5.95 Å². The Kier molecular flexibility index (Phi) is 4.98. The average molecular weight is 258 g/mol. The largest absolute Gasteiger partial charge is 0.338 e. The third-order valence-electron chi connectivity index (χ3n) is 3.17. The van der Waals surface area contributed by atoms with Crippen LogP contribution in [-0.2, 0) is 13.1 Å². The zero-order valence-electron chi connectivity index (χ0n) is 11.5. The predicted octanol–water partition coefficient (Wildman–Crippen LogP) is 2.26. The first kappa shape index (κ1) is 13.6. The smallest absolute Gasteiger partial charge is 0.205 e. The van der Waals surface area contributed by atoms with E-state index >= 15 is 0 Å². The Morgan fingerprint density at radius 2 is 2.05 bits per heavy atom. The number of nitrogens with two attached hydrogens (primary N) is 1. The molecule has 1 aromatic heterocycles. The molecule has 2 aromatic rings. The third-order valence-corrected chi connectivity index (χ3v) is 3.17. The summed E-state index contributed by atoms with van der Waals surface area (Å²) in [6.45, 7) is 5.58. The molecule has 4 nitrogen and oxygen atoms in total. The third kappa shape index (κ3) is 3.58. The van der Waals surface area contributed by atoms with Crippen LogP contribution in [-0.4, -0.2) is 22.6 Å². The van der Waals surface area contributed by atoms with Gasteiger partial charge in [0.25, 0.3) is 0 Å². The fourth-order valence-corrected chi connectivity index (χ4v) is 2.17. The van der Waals surface area contributed by atoms with Gasteiger partial charge in [-0.3, -0.25) is 0 Å². The van der Waals surface area contributed by atoms with Gasteiger partial charge < -0.3 is 15.2 Å². The minimum Gasteiger partial charge on any atom is -0.338 e. The van der Waals surface area contributed by atoms with Crippen LogP contribution in [0, 0.1) is 0 Å². The SMILES string of the molecule is CCn1ccnc1N(CCCN)Cc1ccccc1. The molecule has 0 radical (unpaired) electrons. The van der Waals surface area contributed by atoms with Crippen LogP contribution < -0.4 is 10.6 Å². The highest BCUT2D eigenvalue weighted by Gasteiger charge is 2.12. The maximum absolute atomic E-state index is 5.64. The molecule has 0 aliphatic heterocycles. The lowest BCUT2D eigenvalue weighted by molar-refractivity contribution is 0.668. The van der Waals surface area contributed by atoms with Gasteiger partial charge in [-0.25, -0.2) is 4.98 Å². The maximum Gasteiger partial charge on any atom is 0.205 e. The molecular weight excluding hydrogens is 236 g/mol. The van der Waals surface area contributed by atoms with Crippen LogP contribution in [0.25, 0.3) is 0 Å². The summed E-state index contributed by atoms with van der Waals surface area (Å²) in [6, 6.07) is 10.5. The van der Waals surface area contributed by atoms with Gasteiger partial charge in [0.2, 0.25) is 5.95 Å². The molecule has 0 aliphatic carbocycles. The van der Waals surface area contributed by atoms with Crippen LogP contribution in [0.5, 0.6) is 0 Å². The molecule has 4 heteroatoms. The molecule has 0 unspecified atom stereocenters. The molecule has 0 saturated heterocycles. The molecule has 0 spiro atoms. The Labute approximate surface area is 114 Å². The summed E-state index contributed by atoms with van der Waals surface area (Å²) < 4.78 is 2.17. The van der Waals surface area contributed by atoms with E-state index in [2.05, 4.69) is 45.6 Å². The number of aryl methyl sites for hydroxylation is 1. The molecule has 19 heavy (non-hydrogen) atoms. The van der Waals surface area contributed by atoms with Crippen molar-refractivity contribution in [1.82, 2.24) is 9.55 Å². The van der Waals surface area contributed by atoms with Gasteiger partial charge >= 0.3 is 0 Å². The van der Waals surface area contributed by atoms with E-state index in [1.807, 2.05) is 18.5 Å². The van der Waals surface area contributed by atoms with Crippen molar-refractivity contribution in [3.05, 3.63) is 48.3 Å². The van der Waals surface area contributed by atoms with Gasteiger partial charge in [-0.1, -0.05) is 30.3 Å². The van der Waals surface area contributed by atoms with Crippen molar-refractivity contribution in [3.63, 3.8) is 0 Å². The van der Waals surface area contributed by atoms with Gasteiger partial charge in [0.05, 0.1) is 0 Å². The van der Waals surface area contributed by atoms with Gasteiger partial charge in [0.1, 0.15) is 0 Å². The Morgan fingerprint density at radius 1 is 1.26 bits per heavy atom. The molecule has 2 N–H and O–H groups in total. The van der Waals surface area contributed by atoms with Crippen molar-refractivity contribution < 1.29 is 0 Å². The lowest BCUT2D eigenvalue weighted by Gasteiger charge is -2.24. The molecule has 102 valence electrons. The molecule has 2 rings (SSSR count). The molecule has 0 atom stereocenters. The Bertz CT molecular complexity index is 478. The second kappa shape index (κ2) is 6.95. The van der Waals surface area contributed by atoms with Crippen LogP contribution in [0.15, 0.2) is 42.7 Å². The Balaban J connectivity index is 2.16. The van der Waals surface area contributed by atoms with Gasteiger partial charge in [-0.15, -0.1) is 0 Å². The summed E-state index contributed by atoms with van der Waals surface area (Å²) in [4.78, 5) is 6.78. The van der Waals surface area contributed by atoms with E-state index in [1.165, 1.54) is 5.56 Å². The second-order valence-electron chi connectivity index (χ2n) is 4.56. The summed E-state index contributed by atoms with van der Waals surface area (Å²) in [5, 5.41) is 0.